The predicted molar refractivity (Wildman–Crippen MR) is 99.7 cm³/mol. The van der Waals surface area contributed by atoms with Crippen LogP contribution < -0.4 is 5.32 Å². The van der Waals surface area contributed by atoms with Crippen LogP contribution >= 0.6 is 35.0 Å². The molecule has 3 aromatic rings. The Labute approximate surface area is 158 Å². The lowest BCUT2D eigenvalue weighted by atomic mass is 10.2. The summed E-state index contributed by atoms with van der Waals surface area (Å²) >= 11 is 13.4. The van der Waals surface area contributed by atoms with E-state index in [1.807, 2.05) is 12.1 Å². The van der Waals surface area contributed by atoms with Crippen molar-refractivity contribution in [2.45, 2.75) is 11.8 Å². The zero-order valence-corrected chi connectivity index (χ0v) is 15.4. The monoisotopic (exact) mass is 393 g/mol. The fourth-order valence-corrected chi connectivity index (χ4v) is 3.41. The molecule has 1 amide bonds. The van der Waals surface area contributed by atoms with Crippen molar-refractivity contribution in [1.29, 1.82) is 0 Å². The molecule has 1 heterocycles. The molecule has 0 atom stereocenters. The highest BCUT2D eigenvalue weighted by Gasteiger charge is 2.09. The Balaban J connectivity index is 1.65. The van der Waals surface area contributed by atoms with Crippen LogP contribution in [0.4, 0.5) is 5.69 Å². The van der Waals surface area contributed by atoms with E-state index in [1.54, 1.807) is 41.9 Å². The third-order valence-corrected chi connectivity index (χ3v) is 4.98. The van der Waals surface area contributed by atoms with E-state index in [2.05, 4.69) is 20.8 Å². The van der Waals surface area contributed by atoms with Gasteiger partial charge in [-0.15, -0.1) is 16.9 Å². The van der Waals surface area contributed by atoms with Gasteiger partial charge in [-0.05, 0) is 53.7 Å². The van der Waals surface area contributed by atoms with Crippen molar-refractivity contribution in [2.24, 2.45) is 0 Å². The SMILES string of the molecule is Cc1nnnn1-c1cccc(NC(=O)CSc2cc(Cl)ccc2Cl)c1. The maximum absolute atomic E-state index is 12.2. The number of benzene rings is 2. The summed E-state index contributed by atoms with van der Waals surface area (Å²) in [5.74, 6) is 0.732. The van der Waals surface area contributed by atoms with Crippen LogP contribution in [0.15, 0.2) is 47.4 Å². The minimum Gasteiger partial charge on any atom is -0.325 e. The third-order valence-electron chi connectivity index (χ3n) is 3.25. The molecule has 6 nitrogen and oxygen atoms in total. The largest absolute Gasteiger partial charge is 0.325 e. The van der Waals surface area contributed by atoms with Gasteiger partial charge in [-0.25, -0.2) is 0 Å². The van der Waals surface area contributed by atoms with E-state index in [4.69, 9.17) is 23.2 Å². The molecule has 0 saturated carbocycles. The fraction of sp³-hybridized carbons (Fsp3) is 0.125. The van der Waals surface area contributed by atoms with Crippen molar-refractivity contribution in [3.05, 3.63) is 58.3 Å². The summed E-state index contributed by atoms with van der Waals surface area (Å²) in [6.07, 6.45) is 0. The minimum atomic E-state index is -0.147. The highest BCUT2D eigenvalue weighted by molar-refractivity contribution is 8.00. The number of amides is 1. The van der Waals surface area contributed by atoms with Crippen LogP contribution in [0, 0.1) is 6.92 Å². The summed E-state index contributed by atoms with van der Waals surface area (Å²) in [5, 5.41) is 15.4. The summed E-state index contributed by atoms with van der Waals surface area (Å²) in [5.41, 5.74) is 1.43. The van der Waals surface area contributed by atoms with Gasteiger partial charge in [-0.3, -0.25) is 4.79 Å². The van der Waals surface area contributed by atoms with Gasteiger partial charge in [-0.2, -0.15) is 4.68 Å². The van der Waals surface area contributed by atoms with E-state index in [0.29, 0.717) is 21.6 Å². The number of carbonyl (C=O) groups is 1. The summed E-state index contributed by atoms with van der Waals surface area (Å²) in [7, 11) is 0. The first-order valence-corrected chi connectivity index (χ1v) is 9.00. The van der Waals surface area contributed by atoms with Gasteiger partial charge in [-0.1, -0.05) is 29.3 Å². The average Bonchev–Trinajstić information content (AvgIpc) is 3.02. The molecule has 0 aliphatic carbocycles. The van der Waals surface area contributed by atoms with Crippen LogP contribution in [0.25, 0.3) is 5.69 Å². The number of aryl methyl sites for hydroxylation is 1. The second kappa shape index (κ2) is 7.86. The Kier molecular flexibility index (Phi) is 5.57. The van der Waals surface area contributed by atoms with Crippen LogP contribution in [0.1, 0.15) is 5.82 Å². The minimum absolute atomic E-state index is 0.147. The molecule has 1 N–H and O–H groups in total. The summed E-state index contributed by atoms with van der Waals surface area (Å²) in [6.45, 7) is 1.80. The van der Waals surface area contributed by atoms with E-state index in [-0.39, 0.29) is 11.7 Å². The number of nitrogens with one attached hydrogen (secondary N) is 1. The maximum Gasteiger partial charge on any atom is 0.234 e. The quantitative estimate of drug-likeness (QED) is 0.662. The molecule has 25 heavy (non-hydrogen) atoms. The van der Waals surface area contributed by atoms with E-state index in [1.165, 1.54) is 11.8 Å². The number of anilines is 1. The van der Waals surface area contributed by atoms with E-state index in [0.717, 1.165) is 10.6 Å². The molecular formula is C16H13Cl2N5OS. The summed E-state index contributed by atoms with van der Waals surface area (Å²) in [4.78, 5) is 13.0. The van der Waals surface area contributed by atoms with Crippen molar-refractivity contribution < 1.29 is 4.79 Å². The van der Waals surface area contributed by atoms with Gasteiger partial charge >= 0.3 is 0 Å². The number of hydrogen-bond donors (Lipinski definition) is 1. The lowest BCUT2D eigenvalue weighted by Crippen LogP contribution is -2.14. The number of aromatic nitrogens is 4. The molecule has 2 aromatic carbocycles. The van der Waals surface area contributed by atoms with E-state index >= 15 is 0 Å². The Morgan fingerprint density at radius 1 is 1.24 bits per heavy atom. The fourth-order valence-electron chi connectivity index (χ4n) is 2.11. The molecular weight excluding hydrogens is 381 g/mol. The molecule has 0 aliphatic heterocycles. The Hall–Kier alpha value is -2.09. The number of nitrogens with zero attached hydrogens (tertiary/aromatic N) is 4. The number of carbonyl (C=O) groups excluding carboxylic acids is 1. The highest BCUT2D eigenvalue weighted by Crippen LogP contribution is 2.29. The van der Waals surface area contributed by atoms with Gasteiger partial charge in [0.25, 0.3) is 0 Å². The Morgan fingerprint density at radius 2 is 2.08 bits per heavy atom. The van der Waals surface area contributed by atoms with Crippen molar-refractivity contribution >= 4 is 46.6 Å². The zero-order valence-electron chi connectivity index (χ0n) is 13.1. The molecule has 0 fully saturated rings. The van der Waals surface area contributed by atoms with Crippen molar-refractivity contribution in [3.8, 4) is 5.69 Å². The molecule has 3 rings (SSSR count). The van der Waals surface area contributed by atoms with Gasteiger partial charge in [0.2, 0.25) is 5.91 Å². The van der Waals surface area contributed by atoms with Crippen LogP contribution in [-0.2, 0) is 4.79 Å². The molecule has 9 heteroatoms. The van der Waals surface area contributed by atoms with Crippen LogP contribution in [-0.4, -0.2) is 31.9 Å². The van der Waals surface area contributed by atoms with Crippen molar-refractivity contribution in [2.75, 3.05) is 11.1 Å². The first kappa shape index (κ1) is 17.7. The second-order valence-corrected chi connectivity index (χ2v) is 6.96. The molecule has 0 bridgehead atoms. The zero-order chi connectivity index (χ0) is 17.8. The molecule has 0 aliphatic rings. The first-order chi connectivity index (χ1) is 12.0. The number of thioether (sulfide) groups is 1. The van der Waals surface area contributed by atoms with Gasteiger partial charge in [0.15, 0.2) is 5.82 Å². The maximum atomic E-state index is 12.2. The normalized spacial score (nSPS) is 10.7. The predicted octanol–water partition coefficient (Wildman–Crippen LogP) is 4.01. The first-order valence-electron chi connectivity index (χ1n) is 7.26. The lowest BCUT2D eigenvalue weighted by molar-refractivity contribution is -0.113. The summed E-state index contributed by atoms with van der Waals surface area (Å²) < 4.78 is 1.59. The van der Waals surface area contributed by atoms with Crippen LogP contribution in [0.2, 0.25) is 10.0 Å². The Bertz CT molecular complexity index is 915. The van der Waals surface area contributed by atoms with Gasteiger partial charge < -0.3 is 5.32 Å². The van der Waals surface area contributed by atoms with Crippen LogP contribution in [0.3, 0.4) is 0 Å². The molecule has 0 saturated heterocycles. The molecule has 0 spiro atoms. The summed E-state index contributed by atoms with van der Waals surface area (Å²) in [6, 6.07) is 12.5. The Morgan fingerprint density at radius 3 is 2.84 bits per heavy atom. The highest BCUT2D eigenvalue weighted by atomic mass is 35.5. The van der Waals surface area contributed by atoms with E-state index in [9.17, 15) is 4.79 Å². The van der Waals surface area contributed by atoms with Crippen molar-refractivity contribution in [3.63, 3.8) is 0 Å². The average molecular weight is 394 g/mol. The van der Waals surface area contributed by atoms with Crippen molar-refractivity contribution in [1.82, 2.24) is 20.2 Å². The van der Waals surface area contributed by atoms with Gasteiger partial charge in [0.1, 0.15) is 0 Å². The number of rotatable bonds is 5. The number of hydrogen-bond acceptors (Lipinski definition) is 5. The number of tetrazole rings is 1. The topological polar surface area (TPSA) is 72.7 Å². The smallest absolute Gasteiger partial charge is 0.234 e. The molecule has 1 aromatic heterocycles. The van der Waals surface area contributed by atoms with Crippen LogP contribution in [0.5, 0.6) is 0 Å². The second-order valence-electron chi connectivity index (χ2n) is 5.10. The number of halogens is 2. The molecule has 0 unspecified atom stereocenters. The molecule has 128 valence electrons. The van der Waals surface area contributed by atoms with E-state index < -0.39 is 0 Å². The van der Waals surface area contributed by atoms with Gasteiger partial charge in [0, 0.05) is 15.6 Å². The molecule has 0 radical (unpaired) electrons. The standard InChI is InChI=1S/C16H13Cl2N5OS/c1-10-20-21-22-23(10)13-4-2-3-12(8-13)19-16(24)9-25-15-7-11(17)5-6-14(15)18/h2-8H,9H2,1H3,(H,19,24). The lowest BCUT2D eigenvalue weighted by Gasteiger charge is -2.08. The third kappa shape index (κ3) is 4.50. The van der Waals surface area contributed by atoms with Gasteiger partial charge in [0.05, 0.1) is 16.5 Å².